The molecule has 0 radical (unpaired) electrons. The third-order valence-electron chi connectivity index (χ3n) is 8.32. The Bertz CT molecular complexity index is 866. The minimum absolute atomic E-state index is 0.0642. The molecular formula is C23H45N5O14. The number of aliphatic hydroxyl groups excluding tert-OH is 8. The highest BCUT2D eigenvalue weighted by Crippen LogP contribution is 2.34. The van der Waals surface area contributed by atoms with E-state index in [1.54, 1.807) is 0 Å². The fourth-order valence-electron chi connectivity index (χ4n) is 5.70. The average Bonchev–Trinajstić information content (AvgIpc) is 3.27. The molecule has 3 heterocycles. The molecule has 0 bridgehead atoms. The van der Waals surface area contributed by atoms with Gasteiger partial charge in [0.2, 0.25) is 0 Å². The fraction of sp³-hybridized carbons (Fsp3) is 1.00. The molecule has 1 aliphatic carbocycles. The summed E-state index contributed by atoms with van der Waals surface area (Å²) in [6.45, 7) is -1.49. The summed E-state index contributed by atoms with van der Waals surface area (Å²) in [5, 5.41) is 82.3. The zero-order valence-corrected chi connectivity index (χ0v) is 22.7. The highest BCUT2D eigenvalue weighted by molar-refractivity contribution is 5.02. The van der Waals surface area contributed by atoms with Crippen LogP contribution in [0.2, 0.25) is 0 Å². The minimum atomic E-state index is -1.62. The lowest BCUT2D eigenvalue weighted by Gasteiger charge is -2.47. The summed E-state index contributed by atoms with van der Waals surface area (Å²) in [6.07, 6.45) is -20.5. The fourth-order valence-corrected chi connectivity index (χ4v) is 5.70. The standard InChI is InChI=1S/C23H45N5O14/c24-2-7-13(32)15(34)10(27)21(37-7)41-19-9(4-30)39-23(17(19)36)42-20-12(31)5(25)1-6(26)18(20)40-22-11(28)16(35)14(33)8(3-29)38-22/h5-23,29-36H,1-4,24-28H2/t5-,6-,7+,8+,9-,10-,11-,12+,13-,14-,15-,16-,17-,18-,19-,20-,21-,22-,23+/m1/s1. The molecule has 0 unspecified atom stereocenters. The van der Waals surface area contributed by atoms with Crippen LogP contribution in [0.3, 0.4) is 0 Å². The van der Waals surface area contributed by atoms with Crippen molar-refractivity contribution in [1.29, 1.82) is 0 Å². The number of rotatable bonds is 9. The summed E-state index contributed by atoms with van der Waals surface area (Å²) < 4.78 is 34.4. The molecule has 4 rings (SSSR count). The second kappa shape index (κ2) is 14.1. The number of nitrogens with two attached hydrogens (primary N) is 5. The maximum Gasteiger partial charge on any atom is 0.187 e. The first kappa shape index (κ1) is 34.1. The third kappa shape index (κ3) is 6.60. The van der Waals surface area contributed by atoms with Gasteiger partial charge in [-0.2, -0.15) is 0 Å². The number of hydrogen-bond acceptors (Lipinski definition) is 19. The summed E-state index contributed by atoms with van der Waals surface area (Å²) >= 11 is 0. The van der Waals surface area contributed by atoms with E-state index in [9.17, 15) is 40.9 Å². The van der Waals surface area contributed by atoms with Crippen molar-refractivity contribution in [1.82, 2.24) is 0 Å². The maximum atomic E-state index is 11.1. The van der Waals surface area contributed by atoms with E-state index in [4.69, 9.17) is 57.1 Å². The highest BCUT2D eigenvalue weighted by atomic mass is 16.8. The van der Waals surface area contributed by atoms with Crippen molar-refractivity contribution < 1.29 is 69.3 Å². The zero-order chi connectivity index (χ0) is 31.0. The predicted octanol–water partition coefficient (Wildman–Crippen LogP) is -8.86. The largest absolute Gasteiger partial charge is 0.394 e. The van der Waals surface area contributed by atoms with Crippen LogP contribution >= 0.6 is 0 Å². The summed E-state index contributed by atoms with van der Waals surface area (Å²) in [7, 11) is 0. The summed E-state index contributed by atoms with van der Waals surface area (Å²) in [5.41, 5.74) is 29.9. The van der Waals surface area contributed by atoms with Crippen molar-refractivity contribution in [3.8, 4) is 0 Å². The van der Waals surface area contributed by atoms with E-state index < -0.39 is 129 Å². The van der Waals surface area contributed by atoms with Gasteiger partial charge in [-0.1, -0.05) is 0 Å². The minimum Gasteiger partial charge on any atom is -0.394 e. The van der Waals surface area contributed by atoms with Gasteiger partial charge in [-0.15, -0.1) is 0 Å². The van der Waals surface area contributed by atoms with E-state index in [2.05, 4.69) is 0 Å². The number of aliphatic hydroxyl groups is 8. The van der Waals surface area contributed by atoms with Crippen LogP contribution in [-0.4, -0.2) is 177 Å². The van der Waals surface area contributed by atoms with Crippen molar-refractivity contribution in [2.75, 3.05) is 19.8 Å². The second-order valence-electron chi connectivity index (χ2n) is 11.2. The van der Waals surface area contributed by atoms with Gasteiger partial charge >= 0.3 is 0 Å². The monoisotopic (exact) mass is 615 g/mol. The molecular weight excluding hydrogens is 570 g/mol. The SMILES string of the molecule is NC[C@@H]1O[C@H](O[C@H]2[C@@H](O)[C@H](O[C@@H]3[C@@H](O)[C@H](N)C[C@@H](N)[C@H]3O[C@H]3O[C@@H](CO)[C@@H](O)[C@H](O)[C@H]3N)O[C@@H]2CO)[C@H](N)[C@@H](O)[C@@H]1O. The Morgan fingerprint density at radius 1 is 0.524 bits per heavy atom. The van der Waals surface area contributed by atoms with Crippen LogP contribution in [-0.2, 0) is 28.4 Å². The molecule has 0 amide bonds. The smallest absolute Gasteiger partial charge is 0.187 e. The molecule has 3 aliphatic heterocycles. The molecule has 1 saturated carbocycles. The van der Waals surface area contributed by atoms with Crippen molar-refractivity contribution in [2.45, 2.75) is 123 Å². The molecule has 4 fully saturated rings. The number of ether oxygens (including phenoxy) is 6. The molecule has 0 spiro atoms. The quantitative estimate of drug-likeness (QED) is 0.114. The molecule has 3 saturated heterocycles. The molecule has 18 N–H and O–H groups in total. The van der Waals surface area contributed by atoms with Gasteiger partial charge in [-0.05, 0) is 6.42 Å². The van der Waals surface area contributed by atoms with E-state index >= 15 is 0 Å². The van der Waals surface area contributed by atoms with Crippen LogP contribution in [0.5, 0.6) is 0 Å². The molecule has 19 heteroatoms. The molecule has 0 aromatic heterocycles. The first-order valence-electron chi connectivity index (χ1n) is 13.8. The Balaban J connectivity index is 1.50. The Labute approximate surface area is 240 Å². The molecule has 42 heavy (non-hydrogen) atoms. The van der Waals surface area contributed by atoms with E-state index in [0.29, 0.717) is 0 Å². The van der Waals surface area contributed by atoms with Crippen molar-refractivity contribution in [3.05, 3.63) is 0 Å². The predicted molar refractivity (Wildman–Crippen MR) is 136 cm³/mol. The van der Waals surface area contributed by atoms with Crippen molar-refractivity contribution in [3.63, 3.8) is 0 Å². The highest BCUT2D eigenvalue weighted by Gasteiger charge is 2.54. The molecule has 0 aromatic carbocycles. The molecule has 246 valence electrons. The van der Waals surface area contributed by atoms with Gasteiger partial charge in [0.05, 0.1) is 31.4 Å². The van der Waals surface area contributed by atoms with Crippen LogP contribution in [0.4, 0.5) is 0 Å². The van der Waals surface area contributed by atoms with Gasteiger partial charge in [0, 0.05) is 18.6 Å². The van der Waals surface area contributed by atoms with E-state index in [-0.39, 0.29) is 13.0 Å². The topological polar surface area (TPSA) is 347 Å². The first-order valence-corrected chi connectivity index (χ1v) is 13.8. The van der Waals surface area contributed by atoms with E-state index in [0.717, 1.165) is 0 Å². The zero-order valence-electron chi connectivity index (χ0n) is 22.7. The Morgan fingerprint density at radius 2 is 1.00 bits per heavy atom. The lowest BCUT2D eigenvalue weighted by molar-refractivity contribution is -0.310. The lowest BCUT2D eigenvalue weighted by Crippen LogP contribution is -2.68. The van der Waals surface area contributed by atoms with Crippen LogP contribution in [0.15, 0.2) is 0 Å². The number of hydrogen-bond donors (Lipinski definition) is 13. The van der Waals surface area contributed by atoms with Crippen LogP contribution in [0.25, 0.3) is 0 Å². The third-order valence-corrected chi connectivity index (χ3v) is 8.32. The first-order chi connectivity index (χ1) is 19.8. The summed E-state index contributed by atoms with van der Waals surface area (Å²) in [6, 6.07) is -4.30. The van der Waals surface area contributed by atoms with Gasteiger partial charge in [0.25, 0.3) is 0 Å². The van der Waals surface area contributed by atoms with Gasteiger partial charge in [-0.3, -0.25) is 0 Å². The van der Waals surface area contributed by atoms with E-state index in [1.165, 1.54) is 0 Å². The average molecular weight is 616 g/mol. The van der Waals surface area contributed by atoms with Gasteiger partial charge in [0.15, 0.2) is 18.9 Å². The molecule has 19 atom stereocenters. The van der Waals surface area contributed by atoms with Gasteiger partial charge in [0.1, 0.15) is 67.1 Å². The van der Waals surface area contributed by atoms with Crippen molar-refractivity contribution >= 4 is 0 Å². The van der Waals surface area contributed by atoms with Crippen molar-refractivity contribution in [2.24, 2.45) is 28.7 Å². The summed E-state index contributed by atoms with van der Waals surface area (Å²) in [5.74, 6) is 0. The van der Waals surface area contributed by atoms with E-state index in [1.807, 2.05) is 0 Å². The Kier molecular flexibility index (Phi) is 11.5. The Hall–Kier alpha value is -0.760. The molecule has 0 aromatic rings. The van der Waals surface area contributed by atoms with Crippen LogP contribution in [0, 0.1) is 0 Å². The summed E-state index contributed by atoms with van der Waals surface area (Å²) in [4.78, 5) is 0. The van der Waals surface area contributed by atoms with Crippen LogP contribution in [0.1, 0.15) is 6.42 Å². The lowest BCUT2D eigenvalue weighted by atomic mass is 9.84. The second-order valence-corrected chi connectivity index (χ2v) is 11.2. The van der Waals surface area contributed by atoms with Crippen LogP contribution < -0.4 is 28.7 Å². The van der Waals surface area contributed by atoms with Gasteiger partial charge < -0.3 is 97.9 Å². The molecule has 19 nitrogen and oxygen atoms in total. The Morgan fingerprint density at radius 3 is 1.55 bits per heavy atom. The molecule has 4 aliphatic rings. The normalized spacial score (nSPS) is 53.8. The maximum absolute atomic E-state index is 11.1. The van der Waals surface area contributed by atoms with Gasteiger partial charge in [-0.25, -0.2) is 0 Å².